The Hall–Kier alpha value is -1.09. The zero-order chi connectivity index (χ0) is 12.4. The molecule has 1 aliphatic carbocycles. The summed E-state index contributed by atoms with van der Waals surface area (Å²) < 4.78 is 13.6. The Morgan fingerprint density at radius 1 is 1.29 bits per heavy atom. The standard InChI is InChI=1S/C13H14ClFO2/c14-10-5-6-12(15)11(7-10)8-1-3-9(4-2-8)13(16)17/h5-9H,1-4H2,(H,16,17). The van der Waals surface area contributed by atoms with E-state index in [2.05, 4.69) is 0 Å². The molecule has 0 bridgehead atoms. The van der Waals surface area contributed by atoms with Crippen LogP contribution in [-0.4, -0.2) is 11.1 Å². The zero-order valence-corrected chi connectivity index (χ0v) is 10.1. The fraction of sp³-hybridized carbons (Fsp3) is 0.462. The number of carboxylic acid groups (broad SMARTS) is 1. The first-order chi connectivity index (χ1) is 8.08. The Kier molecular flexibility index (Phi) is 3.67. The van der Waals surface area contributed by atoms with E-state index in [0.29, 0.717) is 36.3 Å². The fourth-order valence-electron chi connectivity index (χ4n) is 2.48. The summed E-state index contributed by atoms with van der Waals surface area (Å²) in [5.74, 6) is -1.15. The van der Waals surface area contributed by atoms with E-state index in [1.807, 2.05) is 0 Å². The van der Waals surface area contributed by atoms with E-state index in [9.17, 15) is 9.18 Å². The Labute approximate surface area is 104 Å². The summed E-state index contributed by atoms with van der Waals surface area (Å²) in [7, 11) is 0. The summed E-state index contributed by atoms with van der Waals surface area (Å²) in [6, 6.07) is 4.56. The van der Waals surface area contributed by atoms with Gasteiger partial charge in [0.2, 0.25) is 0 Å². The van der Waals surface area contributed by atoms with Crippen molar-refractivity contribution in [2.75, 3.05) is 0 Å². The minimum atomic E-state index is -0.741. The molecule has 1 aromatic rings. The second-order valence-electron chi connectivity index (χ2n) is 4.55. The summed E-state index contributed by atoms with van der Waals surface area (Å²) in [5.41, 5.74) is 0.626. The van der Waals surface area contributed by atoms with Crippen LogP contribution in [0.15, 0.2) is 18.2 Å². The summed E-state index contributed by atoms with van der Waals surface area (Å²) in [6.45, 7) is 0. The van der Waals surface area contributed by atoms with Crippen molar-refractivity contribution in [3.05, 3.63) is 34.6 Å². The van der Waals surface area contributed by atoms with Crippen LogP contribution in [0.1, 0.15) is 37.2 Å². The third-order valence-corrected chi connectivity index (χ3v) is 3.71. The van der Waals surface area contributed by atoms with Crippen molar-refractivity contribution < 1.29 is 14.3 Å². The molecule has 92 valence electrons. The van der Waals surface area contributed by atoms with Crippen LogP contribution < -0.4 is 0 Å². The molecule has 0 atom stereocenters. The first kappa shape index (κ1) is 12.4. The van der Waals surface area contributed by atoms with Crippen LogP contribution in [0.25, 0.3) is 0 Å². The van der Waals surface area contributed by atoms with E-state index in [-0.39, 0.29) is 17.7 Å². The van der Waals surface area contributed by atoms with Crippen molar-refractivity contribution in [3.8, 4) is 0 Å². The molecule has 4 heteroatoms. The highest BCUT2D eigenvalue weighted by molar-refractivity contribution is 6.30. The molecule has 1 N–H and O–H groups in total. The number of rotatable bonds is 2. The first-order valence-electron chi connectivity index (χ1n) is 5.75. The van der Waals surface area contributed by atoms with Crippen molar-refractivity contribution in [1.29, 1.82) is 0 Å². The second kappa shape index (κ2) is 5.05. The van der Waals surface area contributed by atoms with Crippen LogP contribution in [0.2, 0.25) is 5.02 Å². The molecule has 1 fully saturated rings. The molecule has 2 nitrogen and oxygen atoms in total. The molecule has 0 aromatic heterocycles. The summed E-state index contributed by atoms with van der Waals surface area (Å²) >= 11 is 5.85. The Morgan fingerprint density at radius 2 is 1.94 bits per heavy atom. The van der Waals surface area contributed by atoms with E-state index >= 15 is 0 Å². The van der Waals surface area contributed by atoms with Gasteiger partial charge in [0.25, 0.3) is 0 Å². The Morgan fingerprint density at radius 3 is 2.53 bits per heavy atom. The SMILES string of the molecule is O=C(O)C1CCC(c2cc(Cl)ccc2F)CC1. The van der Waals surface area contributed by atoms with Crippen LogP contribution in [0.3, 0.4) is 0 Å². The zero-order valence-electron chi connectivity index (χ0n) is 9.33. The molecule has 0 unspecified atom stereocenters. The average molecular weight is 257 g/mol. The molecule has 0 amide bonds. The maximum atomic E-state index is 13.6. The molecular weight excluding hydrogens is 243 g/mol. The van der Waals surface area contributed by atoms with Gasteiger partial charge < -0.3 is 5.11 Å². The topological polar surface area (TPSA) is 37.3 Å². The second-order valence-corrected chi connectivity index (χ2v) is 4.99. The van der Waals surface area contributed by atoms with Gasteiger partial charge in [-0.2, -0.15) is 0 Å². The molecule has 2 rings (SSSR count). The van der Waals surface area contributed by atoms with E-state index in [4.69, 9.17) is 16.7 Å². The molecule has 0 spiro atoms. The van der Waals surface area contributed by atoms with E-state index < -0.39 is 5.97 Å². The molecule has 1 aliphatic rings. The molecule has 0 saturated heterocycles. The van der Waals surface area contributed by atoms with E-state index in [1.54, 1.807) is 6.07 Å². The first-order valence-corrected chi connectivity index (χ1v) is 6.13. The van der Waals surface area contributed by atoms with E-state index in [1.165, 1.54) is 12.1 Å². The number of hydrogen-bond donors (Lipinski definition) is 1. The predicted molar refractivity (Wildman–Crippen MR) is 63.7 cm³/mol. The highest BCUT2D eigenvalue weighted by Gasteiger charge is 2.28. The quantitative estimate of drug-likeness (QED) is 0.873. The van der Waals surface area contributed by atoms with Gasteiger partial charge in [-0.1, -0.05) is 11.6 Å². The molecule has 0 heterocycles. The lowest BCUT2D eigenvalue weighted by Gasteiger charge is -2.26. The van der Waals surface area contributed by atoms with Crippen molar-refractivity contribution in [3.63, 3.8) is 0 Å². The van der Waals surface area contributed by atoms with Crippen molar-refractivity contribution in [1.82, 2.24) is 0 Å². The number of hydrogen-bond acceptors (Lipinski definition) is 1. The third kappa shape index (κ3) is 2.78. The smallest absolute Gasteiger partial charge is 0.306 e. The van der Waals surface area contributed by atoms with Gasteiger partial charge in [-0.05, 0) is 55.4 Å². The van der Waals surface area contributed by atoms with Crippen LogP contribution >= 0.6 is 11.6 Å². The molecule has 0 aliphatic heterocycles. The fourth-order valence-corrected chi connectivity index (χ4v) is 2.66. The summed E-state index contributed by atoms with van der Waals surface area (Å²) in [4.78, 5) is 10.8. The monoisotopic (exact) mass is 256 g/mol. The van der Waals surface area contributed by atoms with Crippen molar-refractivity contribution >= 4 is 17.6 Å². The van der Waals surface area contributed by atoms with Gasteiger partial charge in [-0.3, -0.25) is 4.79 Å². The molecule has 17 heavy (non-hydrogen) atoms. The molecule has 0 radical (unpaired) electrons. The molecule has 1 aromatic carbocycles. The van der Waals surface area contributed by atoms with Crippen molar-refractivity contribution in [2.45, 2.75) is 31.6 Å². The Balaban J connectivity index is 2.10. The Bertz CT molecular complexity index is 425. The lowest BCUT2D eigenvalue weighted by atomic mass is 9.78. The predicted octanol–water partition coefficient (Wildman–Crippen LogP) is 3.84. The summed E-state index contributed by atoms with van der Waals surface area (Å²) in [6.07, 6.45) is 2.67. The van der Waals surface area contributed by atoms with Gasteiger partial charge in [0.05, 0.1) is 5.92 Å². The normalized spacial score (nSPS) is 24.6. The van der Waals surface area contributed by atoms with Gasteiger partial charge >= 0.3 is 5.97 Å². The highest BCUT2D eigenvalue weighted by atomic mass is 35.5. The largest absolute Gasteiger partial charge is 0.481 e. The number of halogens is 2. The number of carbonyl (C=O) groups is 1. The lowest BCUT2D eigenvalue weighted by molar-refractivity contribution is -0.142. The maximum Gasteiger partial charge on any atom is 0.306 e. The van der Waals surface area contributed by atoms with Crippen molar-refractivity contribution in [2.24, 2.45) is 5.92 Å². The van der Waals surface area contributed by atoms with Crippen LogP contribution in [0.5, 0.6) is 0 Å². The van der Waals surface area contributed by atoms with Gasteiger partial charge in [0.15, 0.2) is 0 Å². The number of benzene rings is 1. The van der Waals surface area contributed by atoms with Gasteiger partial charge in [0, 0.05) is 5.02 Å². The van der Waals surface area contributed by atoms with Gasteiger partial charge in [0.1, 0.15) is 5.82 Å². The number of carboxylic acids is 1. The van der Waals surface area contributed by atoms with Crippen LogP contribution in [-0.2, 0) is 4.79 Å². The molecule has 1 saturated carbocycles. The molecular formula is C13H14ClFO2. The minimum Gasteiger partial charge on any atom is -0.481 e. The third-order valence-electron chi connectivity index (χ3n) is 3.47. The number of aliphatic carboxylic acids is 1. The van der Waals surface area contributed by atoms with Crippen LogP contribution in [0, 0.1) is 11.7 Å². The van der Waals surface area contributed by atoms with Crippen LogP contribution in [0.4, 0.5) is 4.39 Å². The van der Waals surface area contributed by atoms with Gasteiger partial charge in [-0.25, -0.2) is 4.39 Å². The maximum absolute atomic E-state index is 13.6. The average Bonchev–Trinajstić information content (AvgIpc) is 2.32. The van der Waals surface area contributed by atoms with E-state index in [0.717, 1.165) is 0 Å². The summed E-state index contributed by atoms with van der Waals surface area (Å²) in [5, 5.41) is 9.43. The highest BCUT2D eigenvalue weighted by Crippen LogP contribution is 2.37. The lowest BCUT2D eigenvalue weighted by Crippen LogP contribution is -2.20. The minimum absolute atomic E-state index is 0.101. The van der Waals surface area contributed by atoms with Gasteiger partial charge in [-0.15, -0.1) is 0 Å².